The molecule has 0 aliphatic carbocycles. The molecule has 0 radical (unpaired) electrons. The lowest BCUT2D eigenvalue weighted by Gasteiger charge is -2.20. The molecule has 33 heavy (non-hydrogen) atoms. The average molecular weight is 451 g/mol. The van der Waals surface area contributed by atoms with Crippen molar-refractivity contribution >= 4 is 11.7 Å². The van der Waals surface area contributed by atoms with Crippen LogP contribution in [0.3, 0.4) is 0 Å². The minimum Gasteiger partial charge on any atom is -0.494 e. The Morgan fingerprint density at radius 2 is 1.85 bits per heavy atom. The van der Waals surface area contributed by atoms with E-state index in [9.17, 15) is 9.18 Å². The van der Waals surface area contributed by atoms with Gasteiger partial charge in [0.15, 0.2) is 0 Å². The van der Waals surface area contributed by atoms with Gasteiger partial charge >= 0.3 is 6.03 Å². The number of halogens is 1. The standard InChI is InChI=1S/C26H27FN2O4/c1-2-32-24-9-7-23(8-10-24)28-26(30)29-12-13-33-25-11-6-20(14-21(25)16-29)18-31-17-19-4-3-5-22(27)15-19/h3-11,14-15H,2,12-13,16-18H2,1H3,(H,28,30). The first-order valence-electron chi connectivity index (χ1n) is 11.0. The van der Waals surface area contributed by atoms with Crippen molar-refractivity contribution < 1.29 is 23.4 Å². The SMILES string of the molecule is CCOc1ccc(NC(=O)N2CCOc3ccc(COCc4cccc(F)c4)cc3C2)cc1. The van der Waals surface area contributed by atoms with E-state index in [4.69, 9.17) is 14.2 Å². The third kappa shape index (κ3) is 6.23. The summed E-state index contributed by atoms with van der Waals surface area (Å²) in [5.41, 5.74) is 3.36. The van der Waals surface area contributed by atoms with Crippen molar-refractivity contribution in [1.82, 2.24) is 4.90 Å². The second-order valence-electron chi connectivity index (χ2n) is 7.72. The highest BCUT2D eigenvalue weighted by Crippen LogP contribution is 2.26. The summed E-state index contributed by atoms with van der Waals surface area (Å²) in [6.07, 6.45) is 0. The predicted octanol–water partition coefficient (Wildman–Crippen LogP) is 5.37. The van der Waals surface area contributed by atoms with Gasteiger partial charge in [0.1, 0.15) is 23.9 Å². The van der Waals surface area contributed by atoms with Crippen LogP contribution in [-0.4, -0.2) is 30.7 Å². The molecule has 7 heteroatoms. The molecule has 3 aromatic carbocycles. The second kappa shape index (κ2) is 10.8. The first-order chi connectivity index (χ1) is 16.1. The Morgan fingerprint density at radius 3 is 2.61 bits per heavy atom. The first kappa shape index (κ1) is 22.6. The third-order valence-electron chi connectivity index (χ3n) is 5.24. The predicted molar refractivity (Wildman–Crippen MR) is 124 cm³/mol. The van der Waals surface area contributed by atoms with E-state index in [1.54, 1.807) is 11.0 Å². The van der Waals surface area contributed by atoms with Crippen LogP contribution < -0.4 is 14.8 Å². The van der Waals surface area contributed by atoms with E-state index < -0.39 is 0 Å². The molecule has 6 nitrogen and oxygen atoms in total. The number of urea groups is 1. The van der Waals surface area contributed by atoms with Gasteiger partial charge in [0.05, 0.1) is 32.9 Å². The summed E-state index contributed by atoms with van der Waals surface area (Å²) >= 11 is 0. The number of anilines is 1. The number of ether oxygens (including phenoxy) is 3. The highest BCUT2D eigenvalue weighted by Gasteiger charge is 2.20. The van der Waals surface area contributed by atoms with E-state index in [1.807, 2.05) is 55.5 Å². The molecule has 4 rings (SSSR count). The Morgan fingerprint density at radius 1 is 1.06 bits per heavy atom. The van der Waals surface area contributed by atoms with E-state index >= 15 is 0 Å². The molecule has 1 N–H and O–H groups in total. The summed E-state index contributed by atoms with van der Waals surface area (Å²) in [5, 5.41) is 2.93. The van der Waals surface area contributed by atoms with Crippen molar-refractivity contribution in [3.8, 4) is 11.5 Å². The molecule has 0 bridgehead atoms. The van der Waals surface area contributed by atoms with E-state index in [0.717, 1.165) is 28.2 Å². The maximum Gasteiger partial charge on any atom is 0.322 e. The van der Waals surface area contributed by atoms with Crippen molar-refractivity contribution in [2.24, 2.45) is 0 Å². The molecule has 0 saturated carbocycles. The summed E-state index contributed by atoms with van der Waals surface area (Å²) in [6, 6.07) is 19.3. The number of hydrogen-bond donors (Lipinski definition) is 1. The molecule has 1 heterocycles. The van der Waals surface area contributed by atoms with Crippen molar-refractivity contribution in [3.05, 3.63) is 89.2 Å². The summed E-state index contributed by atoms with van der Waals surface area (Å²) in [4.78, 5) is 14.6. The second-order valence-corrected chi connectivity index (χ2v) is 7.72. The molecule has 1 aliphatic heterocycles. The molecule has 0 saturated heterocycles. The van der Waals surface area contributed by atoms with Crippen LogP contribution >= 0.6 is 0 Å². The highest BCUT2D eigenvalue weighted by molar-refractivity contribution is 5.89. The first-order valence-corrected chi connectivity index (χ1v) is 11.0. The fourth-order valence-corrected chi connectivity index (χ4v) is 3.63. The molecule has 2 amide bonds. The van der Waals surface area contributed by atoms with Crippen LogP contribution in [0.2, 0.25) is 0 Å². The minimum absolute atomic E-state index is 0.191. The van der Waals surface area contributed by atoms with Crippen LogP contribution in [0, 0.1) is 5.82 Å². The lowest BCUT2D eigenvalue weighted by molar-refractivity contribution is 0.107. The number of rotatable bonds is 7. The smallest absolute Gasteiger partial charge is 0.322 e. The number of hydrogen-bond acceptors (Lipinski definition) is 4. The fourth-order valence-electron chi connectivity index (χ4n) is 3.63. The summed E-state index contributed by atoms with van der Waals surface area (Å²) in [7, 11) is 0. The van der Waals surface area contributed by atoms with E-state index in [1.165, 1.54) is 12.1 Å². The summed E-state index contributed by atoms with van der Waals surface area (Å²) in [5.74, 6) is 1.25. The van der Waals surface area contributed by atoms with E-state index in [0.29, 0.717) is 45.2 Å². The van der Waals surface area contributed by atoms with Gasteiger partial charge in [-0.25, -0.2) is 9.18 Å². The number of nitrogens with one attached hydrogen (secondary N) is 1. The number of amides is 2. The Labute approximate surface area is 192 Å². The minimum atomic E-state index is -0.276. The monoisotopic (exact) mass is 450 g/mol. The fraction of sp³-hybridized carbons (Fsp3) is 0.269. The maximum absolute atomic E-state index is 13.3. The zero-order valence-corrected chi connectivity index (χ0v) is 18.6. The average Bonchev–Trinajstić information content (AvgIpc) is 3.03. The number of carbonyl (C=O) groups is 1. The quantitative estimate of drug-likeness (QED) is 0.526. The number of nitrogens with zero attached hydrogens (tertiary/aromatic N) is 1. The molecule has 3 aromatic rings. The Kier molecular flexibility index (Phi) is 7.42. The lowest BCUT2D eigenvalue weighted by Crippen LogP contribution is -2.36. The zero-order chi connectivity index (χ0) is 23.0. The zero-order valence-electron chi connectivity index (χ0n) is 18.6. The van der Waals surface area contributed by atoms with Crippen molar-refractivity contribution in [3.63, 3.8) is 0 Å². The molecule has 0 spiro atoms. The molecule has 1 aliphatic rings. The van der Waals surface area contributed by atoms with Crippen LogP contribution in [0.1, 0.15) is 23.6 Å². The lowest BCUT2D eigenvalue weighted by atomic mass is 10.1. The topological polar surface area (TPSA) is 60.0 Å². The van der Waals surface area contributed by atoms with Gasteiger partial charge in [-0.15, -0.1) is 0 Å². The van der Waals surface area contributed by atoms with Crippen LogP contribution in [-0.2, 0) is 24.5 Å². The summed E-state index contributed by atoms with van der Waals surface area (Å²) in [6.45, 7) is 4.54. The highest BCUT2D eigenvalue weighted by atomic mass is 19.1. The third-order valence-corrected chi connectivity index (χ3v) is 5.24. The van der Waals surface area contributed by atoms with E-state index in [-0.39, 0.29) is 11.8 Å². The molecule has 0 aromatic heterocycles. The summed E-state index contributed by atoms with van der Waals surface area (Å²) < 4.78 is 30.4. The van der Waals surface area contributed by atoms with Crippen molar-refractivity contribution in [2.45, 2.75) is 26.7 Å². The number of benzene rings is 3. The van der Waals surface area contributed by atoms with Gasteiger partial charge in [-0.1, -0.05) is 18.2 Å². The molecule has 172 valence electrons. The maximum atomic E-state index is 13.3. The van der Waals surface area contributed by atoms with Crippen LogP contribution in [0.25, 0.3) is 0 Å². The Hall–Kier alpha value is -3.58. The molecule has 0 atom stereocenters. The van der Waals surface area contributed by atoms with Crippen molar-refractivity contribution in [2.75, 3.05) is 25.1 Å². The Balaban J connectivity index is 1.36. The Bertz CT molecular complexity index is 1090. The largest absolute Gasteiger partial charge is 0.494 e. The number of carbonyl (C=O) groups excluding carboxylic acids is 1. The van der Waals surface area contributed by atoms with Crippen LogP contribution in [0.15, 0.2) is 66.7 Å². The van der Waals surface area contributed by atoms with Gasteiger partial charge in [0, 0.05) is 11.3 Å². The molecular weight excluding hydrogens is 423 g/mol. The van der Waals surface area contributed by atoms with E-state index in [2.05, 4.69) is 5.32 Å². The number of fused-ring (bicyclic) bond motifs is 1. The van der Waals surface area contributed by atoms with Gasteiger partial charge in [-0.05, 0) is 66.6 Å². The molecule has 0 unspecified atom stereocenters. The van der Waals surface area contributed by atoms with Gasteiger partial charge in [-0.2, -0.15) is 0 Å². The van der Waals surface area contributed by atoms with Crippen LogP contribution in [0.4, 0.5) is 14.9 Å². The normalized spacial score (nSPS) is 13.0. The van der Waals surface area contributed by atoms with Gasteiger partial charge in [0.25, 0.3) is 0 Å². The van der Waals surface area contributed by atoms with Crippen molar-refractivity contribution in [1.29, 1.82) is 0 Å². The van der Waals surface area contributed by atoms with Gasteiger partial charge in [0.2, 0.25) is 0 Å². The van der Waals surface area contributed by atoms with Gasteiger partial charge < -0.3 is 24.4 Å². The van der Waals surface area contributed by atoms with Crippen LogP contribution in [0.5, 0.6) is 11.5 Å². The molecular formula is C26H27FN2O4. The van der Waals surface area contributed by atoms with Gasteiger partial charge in [-0.3, -0.25) is 0 Å². The molecule has 0 fully saturated rings.